The van der Waals surface area contributed by atoms with E-state index < -0.39 is 5.95 Å². The van der Waals surface area contributed by atoms with E-state index in [1.54, 1.807) is 10.9 Å². The van der Waals surface area contributed by atoms with Gasteiger partial charge in [-0.15, -0.1) is 0 Å². The van der Waals surface area contributed by atoms with Gasteiger partial charge in [0.05, 0.1) is 29.3 Å². The van der Waals surface area contributed by atoms with E-state index in [0.717, 1.165) is 5.69 Å². The molecule has 2 heterocycles. The van der Waals surface area contributed by atoms with Crippen molar-refractivity contribution in [3.05, 3.63) is 72.6 Å². The van der Waals surface area contributed by atoms with Crippen LogP contribution in [0.3, 0.4) is 0 Å². The summed E-state index contributed by atoms with van der Waals surface area (Å²) in [4.78, 5) is 15.5. The number of para-hydroxylation sites is 1. The summed E-state index contributed by atoms with van der Waals surface area (Å²) in [6, 6.07) is 12.1. The highest BCUT2D eigenvalue weighted by Gasteiger charge is 2.10. The summed E-state index contributed by atoms with van der Waals surface area (Å²) in [7, 11) is 0. The van der Waals surface area contributed by atoms with Crippen molar-refractivity contribution in [1.82, 2.24) is 14.8 Å². The number of carbonyl (C=O) groups excluding carboxylic acids is 1. The van der Waals surface area contributed by atoms with Gasteiger partial charge in [-0.3, -0.25) is 4.79 Å². The van der Waals surface area contributed by atoms with Gasteiger partial charge in [0.1, 0.15) is 0 Å². The quantitative estimate of drug-likeness (QED) is 0.751. The SMILES string of the molecule is O=C(Nc1ccc(F)nc1)c1cnn(-c2ccccc2)c1. The number of anilines is 1. The van der Waals surface area contributed by atoms with Gasteiger partial charge in [0.15, 0.2) is 0 Å². The highest BCUT2D eigenvalue weighted by atomic mass is 19.1. The number of amides is 1. The summed E-state index contributed by atoms with van der Waals surface area (Å²) < 4.78 is 14.3. The smallest absolute Gasteiger partial charge is 0.258 e. The first-order chi connectivity index (χ1) is 10.2. The zero-order valence-electron chi connectivity index (χ0n) is 10.9. The Morgan fingerprint density at radius 1 is 1.10 bits per heavy atom. The Bertz CT molecular complexity index is 753. The molecule has 0 atom stereocenters. The lowest BCUT2D eigenvalue weighted by Gasteiger charge is -2.02. The molecule has 0 saturated heterocycles. The van der Waals surface area contributed by atoms with Gasteiger partial charge in [0.2, 0.25) is 5.95 Å². The van der Waals surface area contributed by atoms with Crippen molar-refractivity contribution in [3.8, 4) is 5.69 Å². The molecule has 6 heteroatoms. The Labute approximate surface area is 120 Å². The lowest BCUT2D eigenvalue weighted by Crippen LogP contribution is -2.11. The normalized spacial score (nSPS) is 10.3. The molecule has 0 unspecified atom stereocenters. The predicted molar refractivity (Wildman–Crippen MR) is 75.7 cm³/mol. The van der Waals surface area contributed by atoms with Crippen LogP contribution in [0.15, 0.2) is 61.1 Å². The molecule has 0 fully saturated rings. The fourth-order valence-electron chi connectivity index (χ4n) is 1.82. The average molecular weight is 282 g/mol. The van der Waals surface area contributed by atoms with Crippen LogP contribution in [0.5, 0.6) is 0 Å². The predicted octanol–water partition coefficient (Wildman–Crippen LogP) is 2.66. The number of halogens is 1. The van der Waals surface area contributed by atoms with Crippen LogP contribution < -0.4 is 5.32 Å². The lowest BCUT2D eigenvalue weighted by atomic mass is 10.3. The molecule has 1 aromatic carbocycles. The number of benzene rings is 1. The van der Waals surface area contributed by atoms with E-state index in [1.165, 1.54) is 24.5 Å². The summed E-state index contributed by atoms with van der Waals surface area (Å²) in [5.74, 6) is -0.921. The molecule has 104 valence electrons. The van der Waals surface area contributed by atoms with Crippen LogP contribution in [-0.2, 0) is 0 Å². The van der Waals surface area contributed by atoms with Crippen molar-refractivity contribution in [2.24, 2.45) is 0 Å². The summed E-state index contributed by atoms with van der Waals surface area (Å²) in [5.41, 5.74) is 1.69. The molecular formula is C15H11FN4O. The van der Waals surface area contributed by atoms with Gasteiger partial charge in [-0.05, 0) is 24.3 Å². The van der Waals surface area contributed by atoms with Crippen LogP contribution in [0, 0.1) is 5.95 Å². The minimum atomic E-state index is -0.593. The highest BCUT2D eigenvalue weighted by molar-refractivity contribution is 6.03. The standard InChI is InChI=1S/C15H11FN4O/c16-14-7-6-12(9-17-14)19-15(21)11-8-18-20(10-11)13-4-2-1-3-5-13/h1-10H,(H,19,21). The van der Waals surface area contributed by atoms with Gasteiger partial charge in [-0.2, -0.15) is 9.49 Å². The third kappa shape index (κ3) is 2.94. The van der Waals surface area contributed by atoms with Gasteiger partial charge in [0, 0.05) is 6.20 Å². The summed E-state index contributed by atoms with van der Waals surface area (Å²) in [5, 5.41) is 6.77. The Hall–Kier alpha value is -3.02. The van der Waals surface area contributed by atoms with Gasteiger partial charge in [-0.25, -0.2) is 9.67 Å². The molecule has 1 amide bonds. The molecule has 3 aromatic rings. The monoisotopic (exact) mass is 282 g/mol. The molecule has 0 aliphatic rings. The first kappa shape index (κ1) is 13.0. The Kier molecular flexibility index (Phi) is 3.42. The minimum Gasteiger partial charge on any atom is -0.320 e. The van der Waals surface area contributed by atoms with Gasteiger partial charge in [0.25, 0.3) is 5.91 Å². The summed E-state index contributed by atoms with van der Waals surface area (Å²) in [6.07, 6.45) is 4.36. The molecule has 0 radical (unpaired) electrons. The van der Waals surface area contributed by atoms with Crippen molar-refractivity contribution >= 4 is 11.6 Å². The third-order valence-electron chi connectivity index (χ3n) is 2.85. The van der Waals surface area contributed by atoms with Crippen molar-refractivity contribution in [2.45, 2.75) is 0 Å². The van der Waals surface area contributed by atoms with E-state index in [4.69, 9.17) is 0 Å². The number of nitrogens with zero attached hydrogens (tertiary/aromatic N) is 3. The second-order valence-electron chi connectivity index (χ2n) is 4.33. The first-order valence-corrected chi connectivity index (χ1v) is 6.25. The molecule has 1 N–H and O–H groups in total. The van der Waals surface area contributed by atoms with Crippen LogP contribution >= 0.6 is 0 Å². The van der Waals surface area contributed by atoms with Crippen LogP contribution in [0.2, 0.25) is 0 Å². The zero-order valence-corrected chi connectivity index (χ0v) is 10.9. The van der Waals surface area contributed by atoms with Crippen LogP contribution in [0.4, 0.5) is 10.1 Å². The lowest BCUT2D eigenvalue weighted by molar-refractivity contribution is 0.102. The van der Waals surface area contributed by atoms with Gasteiger partial charge >= 0.3 is 0 Å². The summed E-state index contributed by atoms with van der Waals surface area (Å²) >= 11 is 0. The first-order valence-electron chi connectivity index (χ1n) is 6.25. The Morgan fingerprint density at radius 2 is 1.90 bits per heavy atom. The molecule has 0 saturated carbocycles. The fraction of sp³-hybridized carbons (Fsp3) is 0. The Morgan fingerprint density at radius 3 is 2.62 bits per heavy atom. The molecule has 0 aliphatic carbocycles. The van der Waals surface area contributed by atoms with Crippen molar-refractivity contribution in [3.63, 3.8) is 0 Å². The topological polar surface area (TPSA) is 59.8 Å². The number of carbonyl (C=O) groups is 1. The maximum Gasteiger partial charge on any atom is 0.258 e. The number of hydrogen-bond acceptors (Lipinski definition) is 3. The van der Waals surface area contributed by atoms with Crippen molar-refractivity contribution in [2.75, 3.05) is 5.32 Å². The van der Waals surface area contributed by atoms with E-state index >= 15 is 0 Å². The number of aromatic nitrogens is 3. The van der Waals surface area contributed by atoms with E-state index in [-0.39, 0.29) is 5.91 Å². The van der Waals surface area contributed by atoms with E-state index in [0.29, 0.717) is 11.3 Å². The largest absolute Gasteiger partial charge is 0.320 e. The van der Waals surface area contributed by atoms with Gasteiger partial charge in [-0.1, -0.05) is 18.2 Å². The van der Waals surface area contributed by atoms with Crippen LogP contribution in [0.25, 0.3) is 5.69 Å². The second-order valence-corrected chi connectivity index (χ2v) is 4.33. The fourth-order valence-corrected chi connectivity index (χ4v) is 1.82. The number of pyridine rings is 1. The van der Waals surface area contributed by atoms with Gasteiger partial charge < -0.3 is 5.32 Å². The second kappa shape index (κ2) is 5.54. The minimum absolute atomic E-state index is 0.328. The Balaban J connectivity index is 1.77. The zero-order chi connectivity index (χ0) is 14.7. The van der Waals surface area contributed by atoms with Crippen molar-refractivity contribution < 1.29 is 9.18 Å². The maximum atomic E-state index is 12.7. The molecule has 0 bridgehead atoms. The molecule has 0 aliphatic heterocycles. The molecule has 21 heavy (non-hydrogen) atoms. The molecule has 0 spiro atoms. The highest BCUT2D eigenvalue weighted by Crippen LogP contribution is 2.11. The number of nitrogens with one attached hydrogen (secondary N) is 1. The van der Waals surface area contributed by atoms with E-state index in [1.807, 2.05) is 30.3 Å². The third-order valence-corrected chi connectivity index (χ3v) is 2.85. The number of hydrogen-bond donors (Lipinski definition) is 1. The van der Waals surface area contributed by atoms with E-state index in [9.17, 15) is 9.18 Å². The maximum absolute atomic E-state index is 12.7. The molecule has 3 rings (SSSR count). The summed E-state index contributed by atoms with van der Waals surface area (Å²) in [6.45, 7) is 0. The van der Waals surface area contributed by atoms with E-state index in [2.05, 4.69) is 15.4 Å². The molecule has 5 nitrogen and oxygen atoms in total. The average Bonchev–Trinajstić information content (AvgIpc) is 3.00. The van der Waals surface area contributed by atoms with Crippen LogP contribution in [-0.4, -0.2) is 20.7 Å². The van der Waals surface area contributed by atoms with Crippen LogP contribution in [0.1, 0.15) is 10.4 Å². The molecular weight excluding hydrogens is 271 g/mol. The number of rotatable bonds is 3. The van der Waals surface area contributed by atoms with Crippen molar-refractivity contribution in [1.29, 1.82) is 0 Å². The molecule has 2 aromatic heterocycles.